The van der Waals surface area contributed by atoms with Gasteiger partial charge in [0.2, 0.25) is 0 Å². The van der Waals surface area contributed by atoms with Crippen LogP contribution in [0.2, 0.25) is 0 Å². The van der Waals surface area contributed by atoms with Gasteiger partial charge in [-0.05, 0) is 35.9 Å². The molecule has 1 saturated heterocycles. The van der Waals surface area contributed by atoms with Crippen LogP contribution in [-0.2, 0) is 4.74 Å². The molecule has 1 aliphatic rings. The molecule has 0 aliphatic carbocycles. The summed E-state index contributed by atoms with van der Waals surface area (Å²) < 4.78 is 19.4. The summed E-state index contributed by atoms with van der Waals surface area (Å²) in [6, 6.07) is 10.9. The van der Waals surface area contributed by atoms with E-state index in [9.17, 15) is 14.3 Å². The lowest BCUT2D eigenvalue weighted by Gasteiger charge is -2.35. The van der Waals surface area contributed by atoms with E-state index in [4.69, 9.17) is 4.74 Å². The summed E-state index contributed by atoms with van der Waals surface area (Å²) in [4.78, 5) is 14.7. The number of carbonyl (C=O) groups excluding carboxylic acids is 1. The van der Waals surface area contributed by atoms with Crippen molar-refractivity contribution in [3.05, 3.63) is 63.9 Å². The number of morpholine rings is 1. The standard InChI is InChI=1S/C19H20BrFN2O3/c20-14-3-6-18(24)16(11-14)19(25)22-12-17(23-7-9-26-10-8-23)13-1-4-15(21)5-2-13/h1-6,11,17,24H,7-10,12H2,(H,22,25). The van der Waals surface area contributed by atoms with E-state index >= 15 is 0 Å². The molecule has 0 radical (unpaired) electrons. The van der Waals surface area contributed by atoms with Crippen molar-refractivity contribution in [3.8, 4) is 5.75 Å². The topological polar surface area (TPSA) is 61.8 Å². The van der Waals surface area contributed by atoms with Gasteiger partial charge >= 0.3 is 0 Å². The first-order chi connectivity index (χ1) is 12.5. The molecule has 1 aliphatic heterocycles. The van der Waals surface area contributed by atoms with Crippen molar-refractivity contribution in [1.29, 1.82) is 0 Å². The maximum absolute atomic E-state index is 13.3. The van der Waals surface area contributed by atoms with E-state index in [-0.39, 0.29) is 29.1 Å². The number of nitrogens with one attached hydrogen (secondary N) is 1. The van der Waals surface area contributed by atoms with Crippen LogP contribution in [0.4, 0.5) is 4.39 Å². The molecule has 2 aromatic carbocycles. The number of ether oxygens (including phenoxy) is 1. The second-order valence-corrected chi connectivity index (χ2v) is 7.00. The molecule has 26 heavy (non-hydrogen) atoms. The lowest BCUT2D eigenvalue weighted by atomic mass is 10.0. The minimum absolute atomic E-state index is 0.0737. The maximum Gasteiger partial charge on any atom is 0.255 e. The predicted molar refractivity (Wildman–Crippen MR) is 99.7 cm³/mol. The van der Waals surface area contributed by atoms with E-state index in [2.05, 4.69) is 26.1 Å². The van der Waals surface area contributed by atoms with Gasteiger partial charge in [0.05, 0.1) is 24.8 Å². The summed E-state index contributed by atoms with van der Waals surface area (Å²) in [6.45, 7) is 3.06. The van der Waals surface area contributed by atoms with Crippen molar-refractivity contribution in [2.24, 2.45) is 0 Å². The van der Waals surface area contributed by atoms with Crippen LogP contribution in [0.15, 0.2) is 46.9 Å². The molecule has 1 atom stereocenters. The molecule has 1 heterocycles. The van der Waals surface area contributed by atoms with Gasteiger partial charge in [0.25, 0.3) is 5.91 Å². The van der Waals surface area contributed by atoms with Crippen molar-refractivity contribution in [2.75, 3.05) is 32.8 Å². The van der Waals surface area contributed by atoms with Crippen LogP contribution in [0.1, 0.15) is 22.0 Å². The van der Waals surface area contributed by atoms with Gasteiger partial charge < -0.3 is 15.2 Å². The Morgan fingerprint density at radius 2 is 1.92 bits per heavy atom. The minimum Gasteiger partial charge on any atom is -0.507 e. The lowest BCUT2D eigenvalue weighted by molar-refractivity contribution is 0.0162. The summed E-state index contributed by atoms with van der Waals surface area (Å²) in [5.41, 5.74) is 1.13. The Bertz CT molecular complexity index is 764. The Balaban J connectivity index is 1.75. The van der Waals surface area contributed by atoms with Gasteiger partial charge in [0, 0.05) is 24.1 Å². The molecule has 0 saturated carbocycles. The second-order valence-electron chi connectivity index (χ2n) is 6.09. The van der Waals surface area contributed by atoms with Crippen LogP contribution in [0, 0.1) is 5.82 Å². The number of hydrogen-bond acceptors (Lipinski definition) is 4. The van der Waals surface area contributed by atoms with Gasteiger partial charge in [0.1, 0.15) is 11.6 Å². The van der Waals surface area contributed by atoms with Gasteiger partial charge in [-0.3, -0.25) is 9.69 Å². The van der Waals surface area contributed by atoms with Crippen LogP contribution in [0.3, 0.4) is 0 Å². The highest BCUT2D eigenvalue weighted by Crippen LogP contribution is 2.24. The fraction of sp³-hybridized carbons (Fsp3) is 0.316. The largest absolute Gasteiger partial charge is 0.507 e. The number of aromatic hydroxyl groups is 1. The van der Waals surface area contributed by atoms with E-state index in [0.717, 1.165) is 18.7 Å². The third-order valence-electron chi connectivity index (χ3n) is 4.40. The minimum atomic E-state index is -0.357. The number of phenolic OH excluding ortho intramolecular Hbond substituents is 1. The van der Waals surface area contributed by atoms with Gasteiger partial charge in [-0.2, -0.15) is 0 Å². The molecule has 0 aromatic heterocycles. The summed E-state index contributed by atoms with van der Waals surface area (Å²) in [7, 11) is 0. The molecule has 0 bridgehead atoms. The van der Waals surface area contributed by atoms with Crippen LogP contribution in [-0.4, -0.2) is 48.8 Å². The van der Waals surface area contributed by atoms with Crippen LogP contribution >= 0.6 is 15.9 Å². The Hall–Kier alpha value is -1.96. The van der Waals surface area contributed by atoms with E-state index in [1.165, 1.54) is 18.2 Å². The van der Waals surface area contributed by atoms with E-state index in [1.807, 2.05) is 0 Å². The molecule has 2 aromatic rings. The number of carbonyl (C=O) groups is 1. The highest BCUT2D eigenvalue weighted by Gasteiger charge is 2.24. The van der Waals surface area contributed by atoms with E-state index < -0.39 is 0 Å². The SMILES string of the molecule is O=C(NCC(c1ccc(F)cc1)N1CCOCC1)c1cc(Br)ccc1O. The highest BCUT2D eigenvalue weighted by atomic mass is 79.9. The summed E-state index contributed by atoms with van der Waals surface area (Å²) in [5.74, 6) is -0.725. The Labute approximate surface area is 159 Å². The number of hydrogen-bond donors (Lipinski definition) is 2. The quantitative estimate of drug-likeness (QED) is 0.776. The Kier molecular flexibility index (Phi) is 6.24. The average Bonchev–Trinajstić information content (AvgIpc) is 2.66. The predicted octanol–water partition coefficient (Wildman–Crippen LogP) is 3.10. The molecular formula is C19H20BrFN2O3. The summed E-state index contributed by atoms with van der Waals surface area (Å²) in [6.07, 6.45) is 0. The number of rotatable bonds is 5. The smallest absolute Gasteiger partial charge is 0.255 e. The first-order valence-corrected chi connectivity index (χ1v) is 9.18. The molecule has 138 valence electrons. The van der Waals surface area contributed by atoms with Crippen molar-refractivity contribution in [2.45, 2.75) is 6.04 Å². The van der Waals surface area contributed by atoms with Crippen molar-refractivity contribution in [1.82, 2.24) is 10.2 Å². The summed E-state index contributed by atoms with van der Waals surface area (Å²) in [5, 5.41) is 12.8. The molecule has 2 N–H and O–H groups in total. The molecular weight excluding hydrogens is 403 g/mol. The Morgan fingerprint density at radius 1 is 1.23 bits per heavy atom. The number of amides is 1. The highest BCUT2D eigenvalue weighted by molar-refractivity contribution is 9.10. The zero-order valence-corrected chi connectivity index (χ0v) is 15.7. The molecule has 5 nitrogen and oxygen atoms in total. The van der Waals surface area contributed by atoms with Crippen molar-refractivity contribution < 1.29 is 19.0 Å². The number of nitrogens with zero attached hydrogens (tertiary/aromatic N) is 1. The van der Waals surface area contributed by atoms with Gasteiger partial charge in [0.15, 0.2) is 0 Å². The van der Waals surface area contributed by atoms with Crippen molar-refractivity contribution in [3.63, 3.8) is 0 Å². The third kappa shape index (κ3) is 4.60. The molecule has 1 fully saturated rings. The molecule has 3 rings (SSSR count). The number of benzene rings is 2. The van der Waals surface area contributed by atoms with Crippen LogP contribution in [0.5, 0.6) is 5.75 Å². The van der Waals surface area contributed by atoms with Crippen LogP contribution < -0.4 is 5.32 Å². The first kappa shape index (κ1) is 18.8. The average molecular weight is 423 g/mol. The third-order valence-corrected chi connectivity index (χ3v) is 4.89. The van der Waals surface area contributed by atoms with Crippen LogP contribution in [0.25, 0.3) is 0 Å². The van der Waals surface area contributed by atoms with Gasteiger partial charge in [-0.25, -0.2) is 4.39 Å². The Morgan fingerprint density at radius 3 is 2.62 bits per heavy atom. The second kappa shape index (κ2) is 8.62. The summed E-state index contributed by atoms with van der Waals surface area (Å²) >= 11 is 3.30. The first-order valence-electron chi connectivity index (χ1n) is 8.38. The molecule has 1 amide bonds. The fourth-order valence-electron chi connectivity index (χ4n) is 3.01. The molecule has 1 unspecified atom stereocenters. The van der Waals surface area contributed by atoms with Gasteiger partial charge in [-0.1, -0.05) is 28.1 Å². The lowest BCUT2D eigenvalue weighted by Crippen LogP contribution is -2.43. The number of phenols is 1. The fourth-order valence-corrected chi connectivity index (χ4v) is 3.37. The zero-order valence-electron chi connectivity index (χ0n) is 14.1. The van der Waals surface area contributed by atoms with Crippen molar-refractivity contribution >= 4 is 21.8 Å². The van der Waals surface area contributed by atoms with E-state index in [1.54, 1.807) is 24.3 Å². The zero-order chi connectivity index (χ0) is 18.5. The monoisotopic (exact) mass is 422 g/mol. The van der Waals surface area contributed by atoms with Gasteiger partial charge in [-0.15, -0.1) is 0 Å². The number of halogens is 2. The maximum atomic E-state index is 13.3. The molecule has 0 spiro atoms. The van der Waals surface area contributed by atoms with E-state index in [0.29, 0.717) is 24.2 Å². The normalized spacial score (nSPS) is 16.2. The molecule has 7 heteroatoms.